The molecule has 0 saturated heterocycles. The minimum Gasteiger partial charge on any atom is -0.544 e. The maximum Gasteiger partial charge on any atom is 0.305 e. The van der Waals surface area contributed by atoms with Crippen molar-refractivity contribution in [2.75, 3.05) is 41.0 Å². The highest BCUT2D eigenvalue weighted by Gasteiger charge is 2.24. The van der Waals surface area contributed by atoms with Gasteiger partial charge < -0.3 is 29.0 Å². The van der Waals surface area contributed by atoms with Gasteiger partial charge in [-0.2, -0.15) is 0 Å². The number of allylic oxidation sites excluding steroid dienone is 12. The fourth-order valence-corrected chi connectivity index (χ4v) is 4.07. The van der Waals surface area contributed by atoms with Crippen LogP contribution in [0.3, 0.4) is 0 Å². The Morgan fingerprint density at radius 1 is 0.721 bits per heavy atom. The predicted molar refractivity (Wildman–Crippen MR) is 175 cm³/mol. The lowest BCUT2D eigenvalue weighted by atomic mass is 10.1. The first kappa shape index (κ1) is 40.3. The van der Waals surface area contributed by atoms with Gasteiger partial charge in [0.05, 0.1) is 40.3 Å². The van der Waals surface area contributed by atoms with Crippen molar-refractivity contribution in [3.8, 4) is 0 Å². The first-order chi connectivity index (χ1) is 20.7. The number of aliphatic hydroxyl groups excluding tert-OH is 1. The lowest BCUT2D eigenvalue weighted by molar-refractivity contribution is -0.889. The SMILES string of the molecule is CC/C=C/C/C=C/C/C=C/C/C=C/C/C=C/C/C=C/CCCCCCC(=O)OCC(O)COCCC(C(=O)[O-])[N+](C)(C)C. The summed E-state index contributed by atoms with van der Waals surface area (Å²) >= 11 is 0. The van der Waals surface area contributed by atoms with E-state index in [1.807, 2.05) is 0 Å². The molecule has 0 rings (SSSR count). The quantitative estimate of drug-likeness (QED) is 0.0524. The third kappa shape index (κ3) is 27.8. The molecule has 7 nitrogen and oxygen atoms in total. The lowest BCUT2D eigenvalue weighted by Crippen LogP contribution is -2.55. The number of quaternary nitrogens is 1. The first-order valence-corrected chi connectivity index (χ1v) is 16.0. The van der Waals surface area contributed by atoms with Crippen molar-refractivity contribution in [2.24, 2.45) is 0 Å². The van der Waals surface area contributed by atoms with E-state index in [1.54, 1.807) is 21.1 Å². The van der Waals surface area contributed by atoms with Gasteiger partial charge in [0, 0.05) is 12.8 Å². The number of carbonyl (C=O) groups excluding carboxylic acids is 2. The van der Waals surface area contributed by atoms with Gasteiger partial charge in [0.15, 0.2) is 0 Å². The zero-order valence-corrected chi connectivity index (χ0v) is 27.3. The average molecular weight is 602 g/mol. The van der Waals surface area contributed by atoms with Gasteiger partial charge in [0.25, 0.3) is 0 Å². The molecule has 0 radical (unpaired) electrons. The standard InChI is InChI=1S/C36H59NO6/c1-5-6-7-8-9-10-11-12-13-14-15-16-17-18-19-20-21-22-23-24-25-26-27-28-35(39)43-32-33(38)31-42-30-29-34(36(40)41)37(2,3)4/h6-7,9-10,12-13,15-16,18-19,21-22,33-34,38H,5,8,11,14,17,20,23-32H2,1-4H3/b7-6+,10-9+,13-12+,16-15+,19-18+,22-21+. The van der Waals surface area contributed by atoms with Crippen molar-refractivity contribution in [3.63, 3.8) is 0 Å². The minimum atomic E-state index is -1.13. The molecule has 0 spiro atoms. The monoisotopic (exact) mass is 601 g/mol. The van der Waals surface area contributed by atoms with Crippen LogP contribution < -0.4 is 5.11 Å². The van der Waals surface area contributed by atoms with Crippen LogP contribution in [0.1, 0.15) is 90.4 Å². The number of unbranched alkanes of at least 4 members (excludes halogenated alkanes) is 4. The Morgan fingerprint density at radius 3 is 1.70 bits per heavy atom. The van der Waals surface area contributed by atoms with Crippen LogP contribution in [0.4, 0.5) is 0 Å². The highest BCUT2D eigenvalue weighted by Crippen LogP contribution is 2.09. The number of aliphatic hydroxyl groups is 1. The lowest BCUT2D eigenvalue weighted by Gasteiger charge is -2.34. The van der Waals surface area contributed by atoms with Gasteiger partial charge in [0.2, 0.25) is 0 Å². The largest absolute Gasteiger partial charge is 0.544 e. The fourth-order valence-electron chi connectivity index (χ4n) is 4.07. The maximum atomic E-state index is 11.9. The second-order valence-corrected chi connectivity index (χ2v) is 11.5. The molecular weight excluding hydrogens is 542 g/mol. The number of carbonyl (C=O) groups is 2. The molecule has 0 aromatic carbocycles. The van der Waals surface area contributed by atoms with Gasteiger partial charge in [-0.1, -0.05) is 92.7 Å². The molecule has 2 atom stereocenters. The Morgan fingerprint density at radius 2 is 1.21 bits per heavy atom. The molecule has 43 heavy (non-hydrogen) atoms. The Bertz CT molecular complexity index is 879. The van der Waals surface area contributed by atoms with E-state index >= 15 is 0 Å². The Kier molecular flexibility index (Phi) is 26.3. The molecular formula is C36H59NO6. The van der Waals surface area contributed by atoms with Crippen LogP contribution in [0, 0.1) is 0 Å². The van der Waals surface area contributed by atoms with Crippen molar-refractivity contribution < 1.29 is 33.8 Å². The Labute approximate surface area is 261 Å². The average Bonchev–Trinajstić information content (AvgIpc) is 2.95. The summed E-state index contributed by atoms with van der Waals surface area (Å²) in [5.41, 5.74) is 0. The number of aliphatic carboxylic acids is 1. The molecule has 2 unspecified atom stereocenters. The number of rotatable bonds is 27. The van der Waals surface area contributed by atoms with Crippen LogP contribution >= 0.6 is 0 Å². The number of ether oxygens (including phenoxy) is 2. The molecule has 0 fully saturated rings. The first-order valence-electron chi connectivity index (χ1n) is 16.0. The predicted octanol–water partition coefficient (Wildman–Crippen LogP) is 6.16. The number of hydrogen-bond acceptors (Lipinski definition) is 6. The van der Waals surface area contributed by atoms with Crippen LogP contribution in [0.25, 0.3) is 0 Å². The smallest absolute Gasteiger partial charge is 0.305 e. The zero-order valence-electron chi connectivity index (χ0n) is 27.3. The number of esters is 1. The highest BCUT2D eigenvalue weighted by atomic mass is 16.5. The van der Waals surface area contributed by atoms with Gasteiger partial charge in [0.1, 0.15) is 18.8 Å². The summed E-state index contributed by atoms with van der Waals surface area (Å²) in [4.78, 5) is 23.1. The molecule has 0 heterocycles. The molecule has 0 aliphatic heterocycles. The van der Waals surface area contributed by atoms with Crippen molar-refractivity contribution >= 4 is 11.9 Å². The van der Waals surface area contributed by atoms with Gasteiger partial charge in [-0.25, -0.2) is 0 Å². The van der Waals surface area contributed by atoms with E-state index in [-0.39, 0.29) is 36.7 Å². The van der Waals surface area contributed by atoms with E-state index in [0.717, 1.165) is 70.6 Å². The van der Waals surface area contributed by atoms with Crippen LogP contribution in [-0.2, 0) is 19.1 Å². The normalized spacial score (nSPS) is 14.3. The number of carboxylic acids is 1. The minimum absolute atomic E-state index is 0.0151. The number of hydrogen-bond donors (Lipinski definition) is 1. The molecule has 7 heteroatoms. The van der Waals surface area contributed by atoms with Gasteiger partial charge in [-0.3, -0.25) is 4.79 Å². The highest BCUT2D eigenvalue weighted by molar-refractivity contribution is 5.69. The molecule has 0 aromatic rings. The second-order valence-electron chi connectivity index (χ2n) is 11.5. The molecule has 0 aliphatic rings. The van der Waals surface area contributed by atoms with Crippen molar-refractivity contribution in [1.82, 2.24) is 0 Å². The van der Waals surface area contributed by atoms with E-state index < -0.39 is 18.1 Å². The summed E-state index contributed by atoms with van der Waals surface area (Å²) in [5, 5.41) is 21.2. The van der Waals surface area contributed by atoms with E-state index in [4.69, 9.17) is 9.47 Å². The van der Waals surface area contributed by atoms with Crippen LogP contribution in [0.2, 0.25) is 0 Å². The summed E-state index contributed by atoms with van der Waals surface area (Å²) in [7, 11) is 5.34. The summed E-state index contributed by atoms with van der Waals surface area (Å²) in [6.07, 6.45) is 37.1. The van der Waals surface area contributed by atoms with Gasteiger partial charge in [-0.15, -0.1) is 0 Å². The van der Waals surface area contributed by atoms with Gasteiger partial charge in [-0.05, 0) is 57.8 Å². The second kappa shape index (κ2) is 28.1. The summed E-state index contributed by atoms with van der Waals surface area (Å²) in [6.45, 7) is 2.19. The van der Waals surface area contributed by atoms with Crippen molar-refractivity contribution in [2.45, 2.75) is 103 Å². The van der Waals surface area contributed by atoms with Crippen molar-refractivity contribution in [3.05, 3.63) is 72.9 Å². The molecule has 0 saturated carbocycles. The molecule has 0 aliphatic carbocycles. The van der Waals surface area contributed by atoms with Crippen LogP contribution in [0.5, 0.6) is 0 Å². The number of carboxylic acid groups (broad SMARTS) is 1. The van der Waals surface area contributed by atoms with E-state index in [1.165, 1.54) is 0 Å². The third-order valence-corrected chi connectivity index (χ3v) is 6.59. The topological polar surface area (TPSA) is 95.9 Å². The van der Waals surface area contributed by atoms with Crippen LogP contribution in [-0.4, -0.2) is 74.6 Å². The Hall–Kier alpha value is -2.74. The molecule has 244 valence electrons. The van der Waals surface area contributed by atoms with E-state index in [9.17, 15) is 19.8 Å². The molecule has 0 bridgehead atoms. The van der Waals surface area contributed by atoms with E-state index in [2.05, 4.69) is 79.8 Å². The number of likely N-dealkylation sites (N-methyl/N-ethyl adjacent to an activating group) is 1. The van der Waals surface area contributed by atoms with Crippen LogP contribution in [0.15, 0.2) is 72.9 Å². The molecule has 0 aromatic heterocycles. The summed E-state index contributed by atoms with van der Waals surface area (Å²) < 4.78 is 10.7. The summed E-state index contributed by atoms with van der Waals surface area (Å²) in [6, 6.07) is -0.694. The maximum absolute atomic E-state index is 11.9. The third-order valence-electron chi connectivity index (χ3n) is 6.59. The van der Waals surface area contributed by atoms with Crippen molar-refractivity contribution in [1.29, 1.82) is 0 Å². The molecule has 0 amide bonds. The number of nitrogens with zero attached hydrogens (tertiary/aromatic N) is 1. The Balaban J connectivity index is 3.65. The zero-order chi connectivity index (χ0) is 32.0. The molecule has 1 N–H and O–H groups in total. The summed E-state index contributed by atoms with van der Waals surface area (Å²) in [5.74, 6) is -1.45. The fraction of sp³-hybridized carbons (Fsp3) is 0.611. The van der Waals surface area contributed by atoms with Gasteiger partial charge >= 0.3 is 5.97 Å². The van der Waals surface area contributed by atoms with E-state index in [0.29, 0.717) is 6.42 Å².